The number of rotatable bonds is 2. The van der Waals surface area contributed by atoms with Gasteiger partial charge in [0.2, 0.25) is 0 Å². The normalized spacial score (nSPS) is 30.0. The summed E-state index contributed by atoms with van der Waals surface area (Å²) in [6.07, 6.45) is -5.03. The Labute approximate surface area is 133 Å². The number of fused-ring (bicyclic) bond motifs is 3. The first-order valence-electron chi connectivity index (χ1n) is 7.66. The number of benzene rings is 2. The maximum Gasteiger partial charge on any atom is 0.187 e. The van der Waals surface area contributed by atoms with Crippen molar-refractivity contribution < 1.29 is 24.8 Å². The largest absolute Gasteiger partial charge is 0.388 e. The highest BCUT2D eigenvalue weighted by atomic mass is 16.7. The molecule has 1 aliphatic heterocycles. The highest BCUT2D eigenvalue weighted by Gasteiger charge is 2.41. The third kappa shape index (κ3) is 2.38. The number of hydrogen-bond donors (Lipinski definition) is 3. The summed E-state index contributed by atoms with van der Waals surface area (Å²) in [5.41, 5.74) is 4.20. The number of ether oxygens (including phenoxy) is 2. The van der Waals surface area contributed by atoms with Gasteiger partial charge in [-0.25, -0.2) is 0 Å². The van der Waals surface area contributed by atoms with Gasteiger partial charge >= 0.3 is 0 Å². The van der Waals surface area contributed by atoms with Crippen LogP contribution in [-0.2, 0) is 9.47 Å². The fourth-order valence-electron chi connectivity index (χ4n) is 3.29. The Morgan fingerprint density at radius 3 is 2.00 bits per heavy atom. The van der Waals surface area contributed by atoms with Crippen LogP contribution < -0.4 is 0 Å². The second kappa shape index (κ2) is 5.70. The van der Waals surface area contributed by atoms with Crippen LogP contribution >= 0.6 is 0 Å². The van der Waals surface area contributed by atoms with E-state index >= 15 is 0 Å². The molecule has 0 radical (unpaired) electrons. The average Bonchev–Trinajstić information content (AvgIpc) is 2.90. The summed E-state index contributed by atoms with van der Waals surface area (Å²) < 4.78 is 11.4. The van der Waals surface area contributed by atoms with Gasteiger partial charge < -0.3 is 24.8 Å². The van der Waals surface area contributed by atoms with E-state index in [4.69, 9.17) is 9.47 Å². The second-order valence-corrected chi connectivity index (χ2v) is 5.94. The van der Waals surface area contributed by atoms with E-state index in [1.54, 1.807) is 0 Å². The van der Waals surface area contributed by atoms with Gasteiger partial charge in [-0.05, 0) is 22.3 Å². The van der Waals surface area contributed by atoms with Crippen LogP contribution in [0.4, 0.5) is 0 Å². The van der Waals surface area contributed by atoms with Crippen LogP contribution in [0.2, 0.25) is 0 Å². The minimum Gasteiger partial charge on any atom is -0.388 e. The fraction of sp³-hybridized carbons (Fsp3) is 0.333. The molecule has 5 nitrogen and oxygen atoms in total. The molecule has 5 heteroatoms. The minimum atomic E-state index is -1.29. The van der Waals surface area contributed by atoms with Crippen molar-refractivity contribution in [1.29, 1.82) is 0 Å². The van der Waals surface area contributed by atoms with Crippen LogP contribution in [0.25, 0.3) is 11.1 Å². The average molecular weight is 314 g/mol. The highest BCUT2D eigenvalue weighted by Crippen LogP contribution is 2.46. The topological polar surface area (TPSA) is 79.2 Å². The first-order chi connectivity index (χ1) is 11.2. The molecule has 4 rings (SSSR count). The van der Waals surface area contributed by atoms with Crippen molar-refractivity contribution in [3.05, 3.63) is 59.7 Å². The van der Waals surface area contributed by atoms with Gasteiger partial charge in [0.1, 0.15) is 24.4 Å². The van der Waals surface area contributed by atoms with Crippen molar-refractivity contribution in [1.82, 2.24) is 0 Å². The van der Waals surface area contributed by atoms with Gasteiger partial charge in [-0.1, -0.05) is 48.5 Å². The van der Waals surface area contributed by atoms with Gasteiger partial charge in [0.05, 0.1) is 6.61 Å². The quantitative estimate of drug-likeness (QED) is 0.776. The zero-order valence-electron chi connectivity index (χ0n) is 12.4. The lowest BCUT2D eigenvalue weighted by molar-refractivity contribution is -0.279. The monoisotopic (exact) mass is 314 g/mol. The van der Waals surface area contributed by atoms with Gasteiger partial charge in [-0.3, -0.25) is 0 Å². The zero-order valence-corrected chi connectivity index (χ0v) is 12.4. The summed E-state index contributed by atoms with van der Waals surface area (Å²) in [7, 11) is 0. The smallest absolute Gasteiger partial charge is 0.187 e. The van der Waals surface area contributed by atoms with E-state index < -0.39 is 24.6 Å². The van der Waals surface area contributed by atoms with Crippen LogP contribution in [-0.4, -0.2) is 46.5 Å². The lowest BCUT2D eigenvalue weighted by atomic mass is 10.0. The maximum atomic E-state index is 10.1. The molecule has 0 unspecified atom stereocenters. The SMILES string of the molecule is O[C@@H]1[C@H](OC2c3ccccc3-c3ccccc32)OC[C@@H](O)[C@H]1O. The molecule has 2 aromatic carbocycles. The molecule has 1 aliphatic carbocycles. The van der Waals surface area contributed by atoms with E-state index in [1.165, 1.54) is 0 Å². The molecule has 1 heterocycles. The third-order valence-corrected chi connectivity index (χ3v) is 4.50. The lowest BCUT2D eigenvalue weighted by Crippen LogP contribution is -2.53. The number of aliphatic hydroxyl groups is 3. The van der Waals surface area contributed by atoms with Crippen molar-refractivity contribution in [2.75, 3.05) is 6.61 Å². The Morgan fingerprint density at radius 2 is 1.39 bits per heavy atom. The molecule has 0 amide bonds. The third-order valence-electron chi connectivity index (χ3n) is 4.50. The lowest BCUT2D eigenvalue weighted by Gasteiger charge is -2.36. The predicted molar refractivity (Wildman–Crippen MR) is 82.6 cm³/mol. The molecule has 1 fully saturated rings. The standard InChI is InChI=1S/C18H18O5/c19-14-9-22-18(16(21)15(14)20)23-17-12-7-3-1-5-10(12)11-6-2-4-8-13(11)17/h1-8,14-21H,9H2/t14-,15-,16+,18+/m1/s1. The highest BCUT2D eigenvalue weighted by molar-refractivity contribution is 5.78. The Morgan fingerprint density at radius 1 is 0.826 bits per heavy atom. The van der Waals surface area contributed by atoms with Crippen LogP contribution in [0.3, 0.4) is 0 Å². The van der Waals surface area contributed by atoms with Gasteiger partial charge in [-0.15, -0.1) is 0 Å². The van der Waals surface area contributed by atoms with Crippen LogP contribution in [0, 0.1) is 0 Å². The van der Waals surface area contributed by atoms with Crippen molar-refractivity contribution >= 4 is 0 Å². The molecular formula is C18H18O5. The Balaban J connectivity index is 1.67. The molecular weight excluding hydrogens is 296 g/mol. The van der Waals surface area contributed by atoms with Crippen molar-refractivity contribution in [3.8, 4) is 11.1 Å². The van der Waals surface area contributed by atoms with E-state index in [1.807, 2.05) is 48.5 Å². The summed E-state index contributed by atoms with van der Waals surface area (Å²) in [5.74, 6) is 0. The Kier molecular flexibility index (Phi) is 3.67. The Hall–Kier alpha value is -1.76. The maximum absolute atomic E-state index is 10.1. The van der Waals surface area contributed by atoms with Crippen LogP contribution in [0.15, 0.2) is 48.5 Å². The molecule has 0 aromatic heterocycles. The minimum absolute atomic E-state index is 0.0705. The summed E-state index contributed by atoms with van der Waals surface area (Å²) in [5, 5.41) is 29.5. The summed E-state index contributed by atoms with van der Waals surface area (Å²) >= 11 is 0. The van der Waals surface area contributed by atoms with E-state index in [0.29, 0.717) is 0 Å². The molecule has 120 valence electrons. The molecule has 0 saturated carbocycles. The molecule has 3 N–H and O–H groups in total. The van der Waals surface area contributed by atoms with Gasteiger partial charge in [-0.2, -0.15) is 0 Å². The zero-order chi connectivity index (χ0) is 16.0. The van der Waals surface area contributed by atoms with Gasteiger partial charge in [0.15, 0.2) is 6.29 Å². The van der Waals surface area contributed by atoms with Crippen molar-refractivity contribution in [3.63, 3.8) is 0 Å². The predicted octanol–water partition coefficient (Wildman–Crippen LogP) is 1.21. The van der Waals surface area contributed by atoms with Gasteiger partial charge in [0, 0.05) is 0 Å². The molecule has 4 atom stereocenters. The van der Waals surface area contributed by atoms with Crippen LogP contribution in [0.5, 0.6) is 0 Å². The van der Waals surface area contributed by atoms with Crippen molar-refractivity contribution in [2.45, 2.75) is 30.7 Å². The van der Waals surface area contributed by atoms with E-state index in [-0.39, 0.29) is 12.7 Å². The molecule has 0 bridgehead atoms. The molecule has 2 aliphatic rings. The van der Waals surface area contributed by atoms with E-state index in [9.17, 15) is 15.3 Å². The van der Waals surface area contributed by atoms with Crippen LogP contribution in [0.1, 0.15) is 17.2 Å². The van der Waals surface area contributed by atoms with E-state index in [0.717, 1.165) is 22.3 Å². The first-order valence-corrected chi connectivity index (χ1v) is 7.66. The Bertz CT molecular complexity index is 671. The molecule has 23 heavy (non-hydrogen) atoms. The summed E-state index contributed by atoms with van der Waals surface area (Å²) in [4.78, 5) is 0. The van der Waals surface area contributed by atoms with E-state index in [2.05, 4.69) is 0 Å². The first kappa shape index (κ1) is 14.8. The molecule has 2 aromatic rings. The number of aliphatic hydroxyl groups excluding tert-OH is 3. The molecule has 0 spiro atoms. The molecule has 1 saturated heterocycles. The fourth-order valence-corrected chi connectivity index (χ4v) is 3.29. The number of hydrogen-bond acceptors (Lipinski definition) is 5. The van der Waals surface area contributed by atoms with Gasteiger partial charge in [0.25, 0.3) is 0 Å². The summed E-state index contributed by atoms with van der Waals surface area (Å²) in [6, 6.07) is 15.9. The second-order valence-electron chi connectivity index (χ2n) is 5.94. The van der Waals surface area contributed by atoms with Crippen molar-refractivity contribution in [2.24, 2.45) is 0 Å². The summed E-state index contributed by atoms with van der Waals surface area (Å²) in [6.45, 7) is -0.0705.